The predicted molar refractivity (Wildman–Crippen MR) is 108 cm³/mol. The van der Waals surface area contributed by atoms with E-state index in [-0.39, 0.29) is 29.6 Å². The molecule has 1 fully saturated rings. The average Bonchev–Trinajstić information content (AvgIpc) is 3.28. The summed E-state index contributed by atoms with van der Waals surface area (Å²) in [7, 11) is 3.54. The molecule has 1 aliphatic rings. The van der Waals surface area contributed by atoms with Crippen LogP contribution in [0.3, 0.4) is 0 Å². The fourth-order valence-corrected chi connectivity index (χ4v) is 2.48. The molecule has 23 heavy (non-hydrogen) atoms. The minimum absolute atomic E-state index is 0. The van der Waals surface area contributed by atoms with Gasteiger partial charge in [0.15, 0.2) is 5.96 Å². The lowest BCUT2D eigenvalue weighted by Gasteiger charge is -2.25. The Balaban J connectivity index is 0.00000264. The second-order valence-corrected chi connectivity index (χ2v) is 6.91. The number of rotatable bonds is 7. The number of ether oxygens (including phenoxy) is 1. The fraction of sp³-hybridized carbons (Fsp3) is 0.611. The topological polar surface area (TPSA) is 45.7 Å². The summed E-state index contributed by atoms with van der Waals surface area (Å²) in [6, 6.07) is 10.7. The van der Waals surface area contributed by atoms with Gasteiger partial charge in [-0.25, -0.2) is 0 Å². The van der Waals surface area contributed by atoms with E-state index < -0.39 is 0 Å². The Bertz CT molecular complexity index is 498. The van der Waals surface area contributed by atoms with Crippen molar-refractivity contribution in [3.05, 3.63) is 35.9 Å². The van der Waals surface area contributed by atoms with Crippen molar-refractivity contribution in [2.24, 2.45) is 10.4 Å². The molecule has 130 valence electrons. The highest BCUT2D eigenvalue weighted by atomic mass is 127. The molecule has 0 heterocycles. The molecule has 1 aliphatic carbocycles. The largest absolute Gasteiger partial charge is 0.377 e. The van der Waals surface area contributed by atoms with E-state index in [2.05, 4.69) is 59.8 Å². The number of nitrogens with one attached hydrogen (secondary N) is 2. The summed E-state index contributed by atoms with van der Waals surface area (Å²) in [4.78, 5) is 4.30. The van der Waals surface area contributed by atoms with E-state index in [1.54, 1.807) is 7.11 Å². The molecule has 0 unspecified atom stereocenters. The van der Waals surface area contributed by atoms with Crippen molar-refractivity contribution in [2.45, 2.75) is 38.7 Å². The van der Waals surface area contributed by atoms with Gasteiger partial charge in [-0.3, -0.25) is 4.99 Å². The van der Waals surface area contributed by atoms with Gasteiger partial charge < -0.3 is 15.4 Å². The van der Waals surface area contributed by atoms with Gasteiger partial charge in [0.1, 0.15) is 0 Å². The van der Waals surface area contributed by atoms with Crippen LogP contribution in [0.2, 0.25) is 0 Å². The van der Waals surface area contributed by atoms with Gasteiger partial charge in [-0.1, -0.05) is 30.3 Å². The SMILES string of the molecule is CN=C(NCC1(Cc2ccccc2)CC1)NCC(C)(C)OC.I. The van der Waals surface area contributed by atoms with Crippen LogP contribution in [0, 0.1) is 5.41 Å². The Morgan fingerprint density at radius 3 is 2.39 bits per heavy atom. The number of hydrogen-bond acceptors (Lipinski definition) is 2. The summed E-state index contributed by atoms with van der Waals surface area (Å²) in [6.45, 7) is 5.82. The maximum Gasteiger partial charge on any atom is 0.191 e. The van der Waals surface area contributed by atoms with Gasteiger partial charge in [0.2, 0.25) is 0 Å². The second-order valence-electron chi connectivity index (χ2n) is 6.91. The molecular formula is C18H30IN3O. The van der Waals surface area contributed by atoms with Gasteiger partial charge in [-0.05, 0) is 44.1 Å². The molecule has 0 spiro atoms. The number of halogens is 1. The zero-order chi connectivity index (χ0) is 16.1. The van der Waals surface area contributed by atoms with Crippen LogP contribution in [-0.2, 0) is 11.2 Å². The van der Waals surface area contributed by atoms with E-state index in [9.17, 15) is 0 Å². The van der Waals surface area contributed by atoms with Crippen LogP contribution in [0.5, 0.6) is 0 Å². The van der Waals surface area contributed by atoms with Gasteiger partial charge in [0, 0.05) is 27.2 Å². The van der Waals surface area contributed by atoms with Crippen LogP contribution < -0.4 is 10.6 Å². The van der Waals surface area contributed by atoms with E-state index in [1.807, 2.05) is 7.05 Å². The van der Waals surface area contributed by atoms with Crippen molar-refractivity contribution >= 4 is 29.9 Å². The summed E-state index contributed by atoms with van der Waals surface area (Å²) in [5.41, 5.74) is 1.62. The van der Waals surface area contributed by atoms with Crippen LogP contribution in [0.4, 0.5) is 0 Å². The first-order valence-electron chi connectivity index (χ1n) is 8.02. The lowest BCUT2D eigenvalue weighted by molar-refractivity contribution is 0.0268. The number of guanidine groups is 1. The molecule has 1 aromatic carbocycles. The first-order chi connectivity index (χ1) is 10.5. The zero-order valence-electron chi connectivity index (χ0n) is 14.7. The van der Waals surface area contributed by atoms with E-state index in [4.69, 9.17) is 4.74 Å². The van der Waals surface area contributed by atoms with Crippen LogP contribution in [0.25, 0.3) is 0 Å². The van der Waals surface area contributed by atoms with Crippen molar-refractivity contribution in [1.82, 2.24) is 10.6 Å². The van der Waals surface area contributed by atoms with E-state index in [0.717, 1.165) is 25.5 Å². The highest BCUT2D eigenvalue weighted by Gasteiger charge is 2.42. The van der Waals surface area contributed by atoms with Crippen LogP contribution in [0.1, 0.15) is 32.3 Å². The van der Waals surface area contributed by atoms with Gasteiger partial charge in [0.05, 0.1) is 5.60 Å². The fourth-order valence-electron chi connectivity index (χ4n) is 2.48. The third-order valence-electron chi connectivity index (χ3n) is 4.47. The Morgan fingerprint density at radius 1 is 1.22 bits per heavy atom. The molecule has 1 aromatic rings. The predicted octanol–water partition coefficient (Wildman–Crippen LogP) is 3.22. The molecule has 4 nitrogen and oxygen atoms in total. The Morgan fingerprint density at radius 2 is 1.87 bits per heavy atom. The molecule has 0 aliphatic heterocycles. The summed E-state index contributed by atoms with van der Waals surface area (Å²) in [5, 5.41) is 6.81. The molecule has 2 N–H and O–H groups in total. The summed E-state index contributed by atoms with van der Waals surface area (Å²) in [5.74, 6) is 0.851. The lowest BCUT2D eigenvalue weighted by Crippen LogP contribution is -2.46. The first-order valence-corrected chi connectivity index (χ1v) is 8.02. The highest BCUT2D eigenvalue weighted by molar-refractivity contribution is 14.0. The quantitative estimate of drug-likeness (QED) is 0.396. The van der Waals surface area contributed by atoms with Gasteiger partial charge in [0.25, 0.3) is 0 Å². The average molecular weight is 431 g/mol. The third kappa shape index (κ3) is 6.67. The Labute approximate surface area is 157 Å². The molecule has 2 rings (SSSR count). The van der Waals surface area contributed by atoms with Gasteiger partial charge >= 0.3 is 0 Å². The smallest absolute Gasteiger partial charge is 0.191 e. The number of hydrogen-bond donors (Lipinski definition) is 2. The molecule has 0 saturated heterocycles. The van der Waals surface area contributed by atoms with Gasteiger partial charge in [-0.2, -0.15) is 0 Å². The van der Waals surface area contributed by atoms with E-state index in [0.29, 0.717) is 5.41 Å². The lowest BCUT2D eigenvalue weighted by atomic mass is 9.96. The van der Waals surface area contributed by atoms with Crippen LogP contribution in [0.15, 0.2) is 35.3 Å². The Kier molecular flexibility index (Phi) is 7.80. The minimum atomic E-state index is -0.196. The van der Waals surface area contributed by atoms with Crippen molar-refractivity contribution in [3.63, 3.8) is 0 Å². The molecule has 0 radical (unpaired) electrons. The van der Waals surface area contributed by atoms with Crippen molar-refractivity contribution in [3.8, 4) is 0 Å². The zero-order valence-corrected chi connectivity index (χ0v) is 17.0. The maximum absolute atomic E-state index is 5.42. The van der Waals surface area contributed by atoms with Crippen LogP contribution >= 0.6 is 24.0 Å². The van der Waals surface area contributed by atoms with Crippen molar-refractivity contribution < 1.29 is 4.74 Å². The standard InChI is InChI=1S/C18H29N3O.HI/c1-17(2,22-4)13-20-16(19-3)21-14-18(10-11-18)12-15-8-6-5-7-9-15;/h5-9H,10-14H2,1-4H3,(H2,19,20,21);1H. The van der Waals surface area contributed by atoms with Crippen LogP contribution in [-0.4, -0.2) is 38.8 Å². The molecule has 0 atom stereocenters. The number of methoxy groups -OCH3 is 1. The first kappa shape index (κ1) is 20.2. The molecule has 0 aromatic heterocycles. The highest BCUT2D eigenvalue weighted by Crippen LogP contribution is 2.47. The summed E-state index contributed by atoms with van der Waals surface area (Å²) >= 11 is 0. The molecule has 5 heteroatoms. The number of benzene rings is 1. The van der Waals surface area contributed by atoms with Crippen molar-refractivity contribution in [2.75, 3.05) is 27.2 Å². The molecule has 0 amide bonds. The number of aliphatic imine (C=N–C) groups is 1. The Hall–Kier alpha value is -0.820. The third-order valence-corrected chi connectivity index (χ3v) is 4.47. The molecule has 1 saturated carbocycles. The number of nitrogens with zero attached hydrogens (tertiary/aromatic N) is 1. The van der Waals surface area contributed by atoms with Gasteiger partial charge in [-0.15, -0.1) is 24.0 Å². The normalized spacial score (nSPS) is 16.4. The summed E-state index contributed by atoms with van der Waals surface area (Å²) in [6.07, 6.45) is 3.71. The second kappa shape index (κ2) is 8.87. The minimum Gasteiger partial charge on any atom is -0.377 e. The molecular weight excluding hydrogens is 401 g/mol. The molecule has 0 bridgehead atoms. The van der Waals surface area contributed by atoms with E-state index >= 15 is 0 Å². The van der Waals surface area contributed by atoms with E-state index in [1.165, 1.54) is 18.4 Å². The van der Waals surface area contributed by atoms with Crippen molar-refractivity contribution in [1.29, 1.82) is 0 Å². The maximum atomic E-state index is 5.42. The summed E-state index contributed by atoms with van der Waals surface area (Å²) < 4.78 is 5.42. The monoisotopic (exact) mass is 431 g/mol.